The molecule has 0 spiro atoms. The van der Waals surface area contributed by atoms with Crippen LogP contribution in [0, 0.1) is 0 Å². The molecule has 1 heterocycles. The first-order valence-corrected chi connectivity index (χ1v) is 4.31. The molecule has 1 rings (SSSR count). The fourth-order valence-corrected chi connectivity index (χ4v) is 1.49. The minimum Gasteiger partial charge on any atom is -0.328 e. The second kappa shape index (κ2) is 8.11. The van der Waals surface area contributed by atoms with Crippen molar-refractivity contribution in [1.82, 2.24) is 4.90 Å². The maximum absolute atomic E-state index is 5.77. The van der Waals surface area contributed by atoms with Crippen molar-refractivity contribution in [3.05, 3.63) is 0 Å². The number of halogens is 2. The van der Waals surface area contributed by atoms with E-state index in [0.717, 1.165) is 0 Å². The summed E-state index contributed by atoms with van der Waals surface area (Å²) in [6, 6.07) is 0.480. The Hall–Kier alpha value is 0.500. The third-order valence-electron chi connectivity index (χ3n) is 2.17. The lowest BCUT2D eigenvalue weighted by atomic mass is 10.1. The minimum atomic E-state index is 0. The third kappa shape index (κ3) is 5.20. The van der Waals surface area contributed by atoms with Crippen molar-refractivity contribution in [2.24, 2.45) is 5.73 Å². The van der Waals surface area contributed by atoms with Crippen LogP contribution in [-0.4, -0.2) is 30.6 Å². The maximum Gasteiger partial charge on any atom is 0.00631 e. The summed E-state index contributed by atoms with van der Waals surface area (Å²) in [6.45, 7) is 5.92. The highest BCUT2D eigenvalue weighted by Gasteiger charge is 2.13. The smallest absolute Gasteiger partial charge is 0.00631 e. The Labute approximate surface area is 87.7 Å². The second-order valence-electron chi connectivity index (χ2n) is 3.18. The largest absolute Gasteiger partial charge is 0.328 e. The predicted octanol–water partition coefficient (Wildman–Crippen LogP) is 1.66. The number of hydrogen-bond donors (Lipinski definition) is 1. The molecule has 0 radical (unpaired) electrons. The first kappa shape index (κ1) is 15.0. The average Bonchev–Trinajstić information content (AvgIpc) is 1.95. The van der Waals surface area contributed by atoms with Crippen LogP contribution >= 0.6 is 24.8 Å². The Morgan fingerprint density at radius 2 is 1.75 bits per heavy atom. The van der Waals surface area contributed by atoms with Gasteiger partial charge in [-0.3, -0.25) is 0 Å². The van der Waals surface area contributed by atoms with Crippen LogP contribution in [0.25, 0.3) is 0 Å². The van der Waals surface area contributed by atoms with Gasteiger partial charge >= 0.3 is 0 Å². The quantitative estimate of drug-likeness (QED) is 0.759. The van der Waals surface area contributed by atoms with E-state index in [1.165, 1.54) is 38.9 Å². The van der Waals surface area contributed by atoms with Crippen molar-refractivity contribution in [2.45, 2.75) is 32.2 Å². The Kier molecular flexibility index (Phi) is 10.1. The molecule has 0 bridgehead atoms. The van der Waals surface area contributed by atoms with Crippen LogP contribution in [0.4, 0.5) is 0 Å². The normalized spacial score (nSPS) is 19.5. The van der Waals surface area contributed by atoms with Gasteiger partial charge in [0.05, 0.1) is 0 Å². The van der Waals surface area contributed by atoms with E-state index in [4.69, 9.17) is 5.73 Å². The fourth-order valence-electron chi connectivity index (χ4n) is 1.49. The Balaban J connectivity index is 0. The Morgan fingerprint density at radius 3 is 2.17 bits per heavy atom. The van der Waals surface area contributed by atoms with Crippen molar-refractivity contribution in [2.75, 3.05) is 19.6 Å². The van der Waals surface area contributed by atoms with Gasteiger partial charge in [-0.05, 0) is 38.9 Å². The van der Waals surface area contributed by atoms with Gasteiger partial charge in [-0.2, -0.15) is 0 Å². The number of hydrogen-bond acceptors (Lipinski definition) is 2. The topological polar surface area (TPSA) is 29.3 Å². The fraction of sp³-hybridized carbons (Fsp3) is 1.00. The highest BCUT2D eigenvalue weighted by molar-refractivity contribution is 5.85. The van der Waals surface area contributed by atoms with Crippen LogP contribution in [0.5, 0.6) is 0 Å². The Morgan fingerprint density at radius 1 is 1.25 bits per heavy atom. The molecule has 2 nitrogen and oxygen atoms in total. The van der Waals surface area contributed by atoms with Crippen molar-refractivity contribution in [3.63, 3.8) is 0 Å². The molecule has 1 saturated heterocycles. The maximum atomic E-state index is 5.77. The van der Waals surface area contributed by atoms with E-state index in [2.05, 4.69) is 11.8 Å². The van der Waals surface area contributed by atoms with E-state index in [0.29, 0.717) is 6.04 Å². The van der Waals surface area contributed by atoms with Crippen LogP contribution in [0.1, 0.15) is 26.2 Å². The molecule has 1 fully saturated rings. The lowest BCUT2D eigenvalue weighted by Crippen LogP contribution is -2.39. The molecular formula is C8H20Cl2N2. The second-order valence-corrected chi connectivity index (χ2v) is 3.18. The number of piperidine rings is 1. The highest BCUT2D eigenvalue weighted by atomic mass is 35.5. The molecular weight excluding hydrogens is 195 g/mol. The zero-order chi connectivity index (χ0) is 7.40. The highest BCUT2D eigenvalue weighted by Crippen LogP contribution is 2.07. The standard InChI is InChI=1S/C8H18N2.2ClH/c1-2-5-10-6-3-8(9)4-7-10;;/h8H,2-7,9H2,1H3;2*1H. The average molecular weight is 215 g/mol. The van der Waals surface area contributed by atoms with Gasteiger partial charge in [0.15, 0.2) is 0 Å². The van der Waals surface area contributed by atoms with E-state index in [-0.39, 0.29) is 24.8 Å². The summed E-state index contributed by atoms with van der Waals surface area (Å²) in [5.41, 5.74) is 5.77. The zero-order valence-electron chi connectivity index (χ0n) is 7.66. The summed E-state index contributed by atoms with van der Waals surface area (Å²) in [7, 11) is 0. The van der Waals surface area contributed by atoms with Gasteiger partial charge in [-0.15, -0.1) is 24.8 Å². The summed E-state index contributed by atoms with van der Waals surface area (Å²) in [6.07, 6.45) is 3.66. The van der Waals surface area contributed by atoms with Crippen LogP contribution in [0.15, 0.2) is 0 Å². The van der Waals surface area contributed by atoms with E-state index in [1.54, 1.807) is 0 Å². The molecule has 0 aromatic heterocycles. The van der Waals surface area contributed by atoms with Crippen LogP contribution in [0.3, 0.4) is 0 Å². The van der Waals surface area contributed by atoms with Gasteiger partial charge in [0.2, 0.25) is 0 Å². The van der Waals surface area contributed by atoms with Crippen molar-refractivity contribution >= 4 is 24.8 Å². The van der Waals surface area contributed by atoms with Gasteiger partial charge in [0.1, 0.15) is 0 Å². The molecule has 4 heteroatoms. The number of rotatable bonds is 2. The molecule has 0 unspecified atom stereocenters. The molecule has 0 aliphatic carbocycles. The lowest BCUT2D eigenvalue weighted by molar-refractivity contribution is 0.214. The minimum absolute atomic E-state index is 0. The lowest BCUT2D eigenvalue weighted by Gasteiger charge is -2.29. The molecule has 0 saturated carbocycles. The molecule has 1 aliphatic rings. The van der Waals surface area contributed by atoms with Crippen molar-refractivity contribution in [3.8, 4) is 0 Å². The van der Waals surface area contributed by atoms with Gasteiger partial charge in [-0.1, -0.05) is 6.92 Å². The van der Waals surface area contributed by atoms with Crippen molar-refractivity contribution < 1.29 is 0 Å². The SMILES string of the molecule is CCCN1CCC(N)CC1.Cl.Cl. The zero-order valence-corrected chi connectivity index (χ0v) is 9.29. The number of nitrogens with zero attached hydrogens (tertiary/aromatic N) is 1. The molecule has 0 aromatic rings. The molecule has 0 aromatic carbocycles. The van der Waals surface area contributed by atoms with E-state index in [1.807, 2.05) is 0 Å². The van der Waals surface area contributed by atoms with E-state index < -0.39 is 0 Å². The van der Waals surface area contributed by atoms with E-state index in [9.17, 15) is 0 Å². The molecule has 1 aliphatic heterocycles. The summed E-state index contributed by atoms with van der Waals surface area (Å²) >= 11 is 0. The predicted molar refractivity (Wildman–Crippen MR) is 58.4 cm³/mol. The van der Waals surface area contributed by atoms with E-state index >= 15 is 0 Å². The van der Waals surface area contributed by atoms with Crippen LogP contribution in [-0.2, 0) is 0 Å². The van der Waals surface area contributed by atoms with Crippen LogP contribution < -0.4 is 5.73 Å². The third-order valence-corrected chi connectivity index (χ3v) is 2.17. The van der Waals surface area contributed by atoms with Gasteiger partial charge < -0.3 is 10.6 Å². The summed E-state index contributed by atoms with van der Waals surface area (Å²) in [5.74, 6) is 0. The summed E-state index contributed by atoms with van der Waals surface area (Å²) < 4.78 is 0. The molecule has 2 N–H and O–H groups in total. The number of likely N-dealkylation sites (tertiary alicyclic amines) is 1. The first-order valence-electron chi connectivity index (χ1n) is 4.31. The van der Waals surface area contributed by atoms with Crippen molar-refractivity contribution in [1.29, 1.82) is 0 Å². The summed E-state index contributed by atoms with van der Waals surface area (Å²) in [5, 5.41) is 0. The first-order chi connectivity index (χ1) is 4.83. The molecule has 76 valence electrons. The molecule has 12 heavy (non-hydrogen) atoms. The molecule has 0 amide bonds. The molecule has 0 atom stereocenters. The van der Waals surface area contributed by atoms with Crippen LogP contribution in [0.2, 0.25) is 0 Å². The summed E-state index contributed by atoms with van der Waals surface area (Å²) in [4.78, 5) is 2.50. The van der Waals surface area contributed by atoms with Gasteiger partial charge in [0, 0.05) is 6.04 Å². The van der Waals surface area contributed by atoms with Gasteiger partial charge in [-0.25, -0.2) is 0 Å². The Bertz CT molecular complexity index is 93.1. The van der Waals surface area contributed by atoms with Gasteiger partial charge in [0.25, 0.3) is 0 Å². The monoisotopic (exact) mass is 214 g/mol. The number of nitrogens with two attached hydrogens (primary N) is 1.